The fourth-order valence-electron chi connectivity index (χ4n) is 3.66. The Labute approximate surface area is 188 Å². The molecule has 1 unspecified atom stereocenters. The van der Waals surface area contributed by atoms with E-state index in [4.69, 9.17) is 16.3 Å². The maximum atomic E-state index is 11.1. The standard InChI is InChI=1S/C23H29ClN4O3/c1-28(2,3)15-19(13-22(29)30)25-23-26-20(24)14-21(27-23)31-11-5-6-16-9-10-17-7-4-8-18(17)12-16/h4,7,9-10,12,14,19H,5-6,8,11,13,15H2,1-3H3,(H-,25,26,27,29,30). The Bertz CT molecular complexity index is 956. The Kier molecular flexibility index (Phi) is 7.51. The predicted octanol–water partition coefficient (Wildman–Crippen LogP) is 2.34. The second-order valence-electron chi connectivity index (χ2n) is 8.83. The van der Waals surface area contributed by atoms with Gasteiger partial charge in [-0.3, -0.25) is 0 Å². The SMILES string of the molecule is C[N+](C)(C)CC(CC(=O)[O-])Nc1nc(Cl)cc(OCCCc2ccc3c(c2)CC=C3)n1. The first-order valence-electron chi connectivity index (χ1n) is 10.4. The lowest BCUT2D eigenvalue weighted by Gasteiger charge is -2.30. The normalized spacial score (nSPS) is 13.7. The van der Waals surface area contributed by atoms with Gasteiger partial charge in [0.25, 0.3) is 0 Å². The Morgan fingerprint density at radius 1 is 1.29 bits per heavy atom. The minimum absolute atomic E-state index is 0.155. The number of carbonyl (C=O) groups is 1. The molecule has 1 aromatic heterocycles. The van der Waals surface area contributed by atoms with E-state index in [9.17, 15) is 9.90 Å². The Hall–Kier alpha value is -2.64. The van der Waals surface area contributed by atoms with Crippen LogP contribution in [0.4, 0.5) is 5.95 Å². The number of rotatable bonds is 11. The number of carboxylic acid groups (broad SMARTS) is 1. The lowest BCUT2D eigenvalue weighted by molar-refractivity contribution is -0.870. The van der Waals surface area contributed by atoms with Gasteiger partial charge in [0.15, 0.2) is 0 Å². The number of ether oxygens (including phenoxy) is 1. The van der Waals surface area contributed by atoms with E-state index in [1.807, 2.05) is 21.1 Å². The quantitative estimate of drug-likeness (QED) is 0.325. The van der Waals surface area contributed by atoms with Gasteiger partial charge in [-0.1, -0.05) is 42.0 Å². The molecule has 0 fully saturated rings. The van der Waals surface area contributed by atoms with E-state index < -0.39 is 12.0 Å². The molecule has 0 radical (unpaired) electrons. The summed E-state index contributed by atoms with van der Waals surface area (Å²) in [5.41, 5.74) is 3.97. The molecule has 0 saturated heterocycles. The number of carboxylic acids is 1. The minimum atomic E-state index is -1.13. The van der Waals surface area contributed by atoms with Crippen molar-refractivity contribution in [1.29, 1.82) is 0 Å². The zero-order valence-corrected chi connectivity index (χ0v) is 19.0. The highest BCUT2D eigenvalue weighted by Gasteiger charge is 2.20. The summed E-state index contributed by atoms with van der Waals surface area (Å²) < 4.78 is 6.36. The number of likely N-dealkylation sites (N-methyl/N-ethyl adjacent to an activating group) is 1. The summed E-state index contributed by atoms with van der Waals surface area (Å²) in [6.07, 6.45) is 6.93. The van der Waals surface area contributed by atoms with Crippen LogP contribution in [0.15, 0.2) is 30.3 Å². The molecule has 1 atom stereocenters. The van der Waals surface area contributed by atoms with Crippen LogP contribution in [0.3, 0.4) is 0 Å². The highest BCUT2D eigenvalue weighted by molar-refractivity contribution is 6.29. The van der Waals surface area contributed by atoms with E-state index in [1.165, 1.54) is 16.7 Å². The van der Waals surface area contributed by atoms with Crippen molar-refractivity contribution in [3.8, 4) is 5.88 Å². The number of aromatic nitrogens is 2. The zero-order valence-electron chi connectivity index (χ0n) is 18.2. The summed E-state index contributed by atoms with van der Waals surface area (Å²) in [6, 6.07) is 7.73. The molecular formula is C23H29ClN4O3. The number of nitrogens with zero attached hydrogens (tertiary/aromatic N) is 3. The number of hydrogen-bond donors (Lipinski definition) is 1. The predicted molar refractivity (Wildman–Crippen MR) is 120 cm³/mol. The van der Waals surface area contributed by atoms with Crippen molar-refractivity contribution >= 4 is 29.6 Å². The molecule has 8 heteroatoms. The number of carbonyl (C=O) groups excluding carboxylic acids is 1. The first-order chi connectivity index (χ1) is 14.7. The van der Waals surface area contributed by atoms with Gasteiger partial charge in [0.1, 0.15) is 5.15 Å². The van der Waals surface area contributed by atoms with E-state index in [-0.39, 0.29) is 17.5 Å². The Balaban J connectivity index is 1.55. The lowest BCUT2D eigenvalue weighted by atomic mass is 10.0. The third-order valence-electron chi connectivity index (χ3n) is 4.89. The number of quaternary nitrogens is 1. The summed E-state index contributed by atoms with van der Waals surface area (Å²) in [5, 5.41) is 14.4. The second kappa shape index (κ2) is 10.1. The van der Waals surface area contributed by atoms with Crippen LogP contribution in [0.25, 0.3) is 6.08 Å². The van der Waals surface area contributed by atoms with Crippen LogP contribution in [-0.2, 0) is 17.6 Å². The highest BCUT2D eigenvalue weighted by Crippen LogP contribution is 2.22. The van der Waals surface area contributed by atoms with E-state index in [0.29, 0.717) is 23.5 Å². The molecule has 1 aliphatic carbocycles. The molecule has 0 saturated carbocycles. The molecule has 0 bridgehead atoms. The summed E-state index contributed by atoms with van der Waals surface area (Å²) in [7, 11) is 5.94. The molecule has 0 amide bonds. The zero-order chi connectivity index (χ0) is 22.4. The second-order valence-corrected chi connectivity index (χ2v) is 9.22. The van der Waals surface area contributed by atoms with Crippen LogP contribution in [-0.4, -0.2) is 60.8 Å². The van der Waals surface area contributed by atoms with E-state index in [0.717, 1.165) is 19.3 Å². The van der Waals surface area contributed by atoms with Gasteiger partial charge in [0, 0.05) is 18.5 Å². The van der Waals surface area contributed by atoms with Crippen molar-refractivity contribution in [2.75, 3.05) is 39.6 Å². The number of aliphatic carboxylic acids is 1. The molecular weight excluding hydrogens is 416 g/mol. The van der Waals surface area contributed by atoms with Gasteiger partial charge in [0.2, 0.25) is 11.8 Å². The van der Waals surface area contributed by atoms with Gasteiger partial charge in [-0.2, -0.15) is 4.98 Å². The first-order valence-corrected chi connectivity index (χ1v) is 10.8. The van der Waals surface area contributed by atoms with Gasteiger partial charge in [0.05, 0.1) is 40.3 Å². The molecule has 2 aromatic rings. The average molecular weight is 445 g/mol. The third-order valence-corrected chi connectivity index (χ3v) is 5.08. The maximum Gasteiger partial charge on any atom is 0.227 e. The molecule has 0 aliphatic heterocycles. The summed E-state index contributed by atoms with van der Waals surface area (Å²) >= 11 is 6.13. The monoisotopic (exact) mass is 444 g/mol. The van der Waals surface area contributed by atoms with Crippen molar-refractivity contribution in [2.45, 2.75) is 31.7 Å². The minimum Gasteiger partial charge on any atom is -0.550 e. The number of nitrogens with one attached hydrogen (secondary N) is 1. The van der Waals surface area contributed by atoms with Gasteiger partial charge >= 0.3 is 0 Å². The number of benzene rings is 1. The first kappa shape index (κ1) is 23.0. The molecule has 1 aliphatic rings. The fraction of sp³-hybridized carbons (Fsp3) is 0.435. The smallest absolute Gasteiger partial charge is 0.227 e. The van der Waals surface area contributed by atoms with Crippen LogP contribution >= 0.6 is 11.6 Å². The largest absolute Gasteiger partial charge is 0.550 e. The molecule has 1 aromatic carbocycles. The average Bonchev–Trinajstić information content (AvgIpc) is 3.10. The van der Waals surface area contributed by atoms with E-state index in [2.05, 4.69) is 45.6 Å². The molecule has 0 spiro atoms. The van der Waals surface area contributed by atoms with Crippen molar-refractivity contribution in [1.82, 2.24) is 9.97 Å². The number of hydrogen-bond acceptors (Lipinski definition) is 6. The van der Waals surface area contributed by atoms with Gasteiger partial charge in [-0.25, -0.2) is 4.98 Å². The molecule has 7 nitrogen and oxygen atoms in total. The molecule has 166 valence electrons. The maximum absolute atomic E-state index is 11.1. The third kappa shape index (κ3) is 7.52. The molecule has 31 heavy (non-hydrogen) atoms. The van der Waals surface area contributed by atoms with Gasteiger partial charge in [-0.05, 0) is 36.0 Å². The molecule has 3 rings (SSSR count). The van der Waals surface area contributed by atoms with Gasteiger partial charge < -0.3 is 24.4 Å². The topological polar surface area (TPSA) is 87.2 Å². The summed E-state index contributed by atoms with van der Waals surface area (Å²) in [6.45, 7) is 1.04. The summed E-state index contributed by atoms with van der Waals surface area (Å²) in [5.74, 6) is -0.529. The van der Waals surface area contributed by atoms with Gasteiger partial charge in [-0.15, -0.1) is 0 Å². The number of fused-ring (bicyclic) bond motifs is 1. The van der Waals surface area contributed by atoms with Crippen molar-refractivity contribution < 1.29 is 19.1 Å². The Morgan fingerprint density at radius 2 is 2.10 bits per heavy atom. The van der Waals surface area contributed by atoms with Crippen LogP contribution in [0.5, 0.6) is 5.88 Å². The lowest BCUT2D eigenvalue weighted by Crippen LogP contribution is -2.46. The Morgan fingerprint density at radius 3 is 2.84 bits per heavy atom. The van der Waals surface area contributed by atoms with Crippen LogP contribution in [0.2, 0.25) is 5.15 Å². The fourth-order valence-corrected chi connectivity index (χ4v) is 3.83. The number of allylic oxidation sites excluding steroid dienone is 1. The number of aryl methyl sites for hydroxylation is 1. The van der Waals surface area contributed by atoms with Crippen molar-refractivity contribution in [2.24, 2.45) is 0 Å². The highest BCUT2D eigenvalue weighted by atomic mass is 35.5. The van der Waals surface area contributed by atoms with E-state index >= 15 is 0 Å². The number of anilines is 1. The number of halogens is 1. The summed E-state index contributed by atoms with van der Waals surface area (Å²) in [4.78, 5) is 19.6. The molecule has 1 heterocycles. The molecule has 1 N–H and O–H groups in total. The van der Waals surface area contributed by atoms with Crippen LogP contribution < -0.4 is 15.2 Å². The van der Waals surface area contributed by atoms with Crippen molar-refractivity contribution in [3.05, 3.63) is 52.2 Å². The van der Waals surface area contributed by atoms with E-state index in [1.54, 1.807) is 6.07 Å². The van der Waals surface area contributed by atoms with Crippen molar-refractivity contribution in [3.63, 3.8) is 0 Å². The van der Waals surface area contributed by atoms with Crippen LogP contribution in [0.1, 0.15) is 29.5 Å². The van der Waals surface area contributed by atoms with Crippen LogP contribution in [0, 0.1) is 0 Å².